The number of hydrogen-bond acceptors (Lipinski definition) is 5. The highest BCUT2D eigenvalue weighted by molar-refractivity contribution is 6.01. The van der Waals surface area contributed by atoms with Gasteiger partial charge in [0, 0.05) is 19.6 Å². The zero-order valence-electron chi connectivity index (χ0n) is 18.7. The van der Waals surface area contributed by atoms with E-state index in [1.165, 1.54) is 15.7 Å². The Bertz CT molecular complexity index is 1290. The number of Topliss-reactive ketones (excluding diaryl/α,β-unsaturated/α-hetero) is 1. The lowest BCUT2D eigenvalue weighted by Gasteiger charge is -2.26. The summed E-state index contributed by atoms with van der Waals surface area (Å²) in [4.78, 5) is 41.1. The van der Waals surface area contributed by atoms with Crippen LogP contribution in [0.2, 0.25) is 0 Å². The van der Waals surface area contributed by atoms with E-state index in [2.05, 4.69) is 18.2 Å². The van der Waals surface area contributed by atoms with Crippen LogP contribution < -0.4 is 17.0 Å². The second-order valence-electron chi connectivity index (χ2n) is 8.17. The number of hydrogen-bond donors (Lipinski definition) is 1. The van der Waals surface area contributed by atoms with Gasteiger partial charge in [-0.1, -0.05) is 66.7 Å². The maximum Gasteiger partial charge on any atom is 0.332 e. The number of rotatable bonds is 7. The van der Waals surface area contributed by atoms with Gasteiger partial charge in [-0.05, 0) is 30.0 Å². The van der Waals surface area contributed by atoms with E-state index in [4.69, 9.17) is 5.73 Å². The van der Waals surface area contributed by atoms with Crippen LogP contribution >= 0.6 is 0 Å². The predicted molar refractivity (Wildman–Crippen MR) is 130 cm³/mol. The monoisotopic (exact) mass is 444 g/mol. The molecule has 2 heterocycles. The zero-order chi connectivity index (χ0) is 23.4. The van der Waals surface area contributed by atoms with Crippen molar-refractivity contribution in [1.29, 1.82) is 0 Å². The van der Waals surface area contributed by atoms with Crippen LogP contribution in [0.25, 0.3) is 5.57 Å². The smallest absolute Gasteiger partial charge is 0.332 e. The highest BCUT2D eigenvalue weighted by Crippen LogP contribution is 2.22. The van der Waals surface area contributed by atoms with Gasteiger partial charge in [-0.3, -0.25) is 23.6 Å². The Hall–Kier alpha value is -3.71. The summed E-state index contributed by atoms with van der Waals surface area (Å²) in [6, 6.07) is 19.5. The van der Waals surface area contributed by atoms with Crippen LogP contribution in [-0.2, 0) is 13.1 Å². The molecule has 4 rings (SSSR count). The number of aromatic nitrogens is 2. The highest BCUT2D eigenvalue weighted by atomic mass is 16.2. The van der Waals surface area contributed by atoms with E-state index in [-0.39, 0.29) is 36.8 Å². The normalized spacial score (nSPS) is 14.2. The molecular weight excluding hydrogens is 416 g/mol. The van der Waals surface area contributed by atoms with Crippen molar-refractivity contribution < 1.29 is 4.79 Å². The summed E-state index contributed by atoms with van der Waals surface area (Å²) >= 11 is 0. The number of nitrogens with zero attached hydrogens (tertiary/aromatic N) is 3. The fraction of sp³-hybridized carbons (Fsp3) is 0.269. The third-order valence-corrected chi connectivity index (χ3v) is 6.05. The second-order valence-corrected chi connectivity index (χ2v) is 8.17. The van der Waals surface area contributed by atoms with E-state index in [1.54, 1.807) is 6.92 Å². The van der Waals surface area contributed by atoms with Gasteiger partial charge in [-0.25, -0.2) is 4.79 Å². The molecule has 170 valence electrons. The molecule has 1 aliphatic rings. The molecule has 0 bridgehead atoms. The number of nitrogen functional groups attached to an aromatic ring is 1. The molecule has 0 radical (unpaired) electrons. The van der Waals surface area contributed by atoms with Gasteiger partial charge in [0.1, 0.15) is 11.4 Å². The minimum absolute atomic E-state index is 0.0684. The van der Waals surface area contributed by atoms with E-state index in [1.807, 2.05) is 53.4 Å². The average molecular weight is 445 g/mol. The molecule has 0 fully saturated rings. The van der Waals surface area contributed by atoms with Gasteiger partial charge in [0.25, 0.3) is 5.56 Å². The molecule has 0 amide bonds. The standard InChI is InChI=1S/C26H28N4O3/c1-2-29-25(32)23(24(27)30(26(29)33)17-19-9-5-3-6-10-19)22(31)18-28-15-13-21(14-16-28)20-11-7-4-8-12-20/h3-13H,2,14-18,27H2,1H3. The van der Waals surface area contributed by atoms with E-state index < -0.39 is 11.2 Å². The Balaban J connectivity index is 1.60. The largest absolute Gasteiger partial charge is 0.384 e. The van der Waals surface area contributed by atoms with Crippen LogP contribution in [0, 0.1) is 0 Å². The van der Waals surface area contributed by atoms with E-state index in [9.17, 15) is 14.4 Å². The first-order valence-electron chi connectivity index (χ1n) is 11.2. The van der Waals surface area contributed by atoms with Gasteiger partial charge in [0.05, 0.1) is 13.1 Å². The number of ketones is 1. The summed E-state index contributed by atoms with van der Waals surface area (Å²) < 4.78 is 2.40. The van der Waals surface area contributed by atoms with Crippen molar-refractivity contribution in [2.24, 2.45) is 0 Å². The Morgan fingerprint density at radius 2 is 1.64 bits per heavy atom. The molecule has 0 unspecified atom stereocenters. The molecule has 0 spiro atoms. The maximum atomic E-state index is 13.2. The summed E-state index contributed by atoms with van der Waals surface area (Å²) in [5, 5.41) is 0. The van der Waals surface area contributed by atoms with Crippen molar-refractivity contribution in [2.45, 2.75) is 26.4 Å². The van der Waals surface area contributed by atoms with Gasteiger partial charge in [0.15, 0.2) is 5.78 Å². The number of anilines is 1. The molecule has 1 aromatic heterocycles. The Morgan fingerprint density at radius 3 is 2.24 bits per heavy atom. The minimum Gasteiger partial charge on any atom is -0.384 e. The summed E-state index contributed by atoms with van der Waals surface area (Å²) in [5.74, 6) is -0.431. The number of carbonyl (C=O) groups excluding carboxylic acids is 1. The predicted octanol–water partition coefficient (Wildman–Crippen LogP) is 2.63. The molecule has 7 nitrogen and oxygen atoms in total. The first-order valence-corrected chi connectivity index (χ1v) is 11.2. The van der Waals surface area contributed by atoms with Crippen LogP contribution in [-0.4, -0.2) is 39.5 Å². The van der Waals surface area contributed by atoms with Crippen molar-refractivity contribution in [3.05, 3.63) is 104 Å². The molecule has 3 aromatic rings. The molecule has 0 saturated heterocycles. The van der Waals surface area contributed by atoms with Gasteiger partial charge in [-0.2, -0.15) is 0 Å². The van der Waals surface area contributed by atoms with E-state index >= 15 is 0 Å². The van der Waals surface area contributed by atoms with Crippen molar-refractivity contribution in [1.82, 2.24) is 14.0 Å². The Kier molecular flexibility index (Phi) is 6.70. The van der Waals surface area contributed by atoms with Crippen molar-refractivity contribution in [3.8, 4) is 0 Å². The molecule has 0 atom stereocenters. The molecule has 7 heteroatoms. The van der Waals surface area contributed by atoms with Crippen molar-refractivity contribution >= 4 is 17.2 Å². The lowest BCUT2D eigenvalue weighted by Crippen LogP contribution is -2.45. The Morgan fingerprint density at radius 1 is 0.970 bits per heavy atom. The third-order valence-electron chi connectivity index (χ3n) is 6.05. The molecule has 2 N–H and O–H groups in total. The number of carbonyl (C=O) groups is 1. The molecule has 0 aliphatic carbocycles. The summed E-state index contributed by atoms with van der Waals surface area (Å²) in [7, 11) is 0. The van der Waals surface area contributed by atoms with Crippen LogP contribution in [0.15, 0.2) is 76.3 Å². The van der Waals surface area contributed by atoms with Gasteiger partial charge >= 0.3 is 5.69 Å². The topological polar surface area (TPSA) is 90.3 Å². The third kappa shape index (κ3) is 4.73. The minimum atomic E-state index is -0.619. The fourth-order valence-electron chi connectivity index (χ4n) is 4.23. The fourth-order valence-corrected chi connectivity index (χ4v) is 4.23. The SMILES string of the molecule is CCn1c(=O)c(C(=O)CN2CC=C(c3ccccc3)CC2)c(N)n(Cc2ccccc2)c1=O. The molecule has 2 aromatic carbocycles. The molecule has 1 aliphatic heterocycles. The first kappa shape index (κ1) is 22.5. The van der Waals surface area contributed by atoms with E-state index in [0.717, 1.165) is 16.6 Å². The van der Waals surface area contributed by atoms with Crippen molar-refractivity contribution in [3.63, 3.8) is 0 Å². The summed E-state index contributed by atoms with van der Waals surface area (Å²) in [5.41, 5.74) is 8.33. The zero-order valence-corrected chi connectivity index (χ0v) is 18.7. The molecule has 33 heavy (non-hydrogen) atoms. The molecular formula is C26H28N4O3. The summed E-state index contributed by atoms with van der Waals surface area (Å²) in [6.07, 6.45) is 2.94. The van der Waals surface area contributed by atoms with Gasteiger partial charge in [0.2, 0.25) is 0 Å². The average Bonchev–Trinajstić information content (AvgIpc) is 2.84. The lowest BCUT2D eigenvalue weighted by atomic mass is 9.99. The van der Waals surface area contributed by atoms with Crippen LogP contribution in [0.3, 0.4) is 0 Å². The Labute approximate surface area is 192 Å². The van der Waals surface area contributed by atoms with E-state index in [0.29, 0.717) is 13.1 Å². The summed E-state index contributed by atoms with van der Waals surface area (Å²) in [6.45, 7) is 3.46. The maximum absolute atomic E-state index is 13.2. The van der Waals surface area contributed by atoms with Crippen LogP contribution in [0.1, 0.15) is 34.8 Å². The van der Waals surface area contributed by atoms with Crippen LogP contribution in [0.5, 0.6) is 0 Å². The highest BCUT2D eigenvalue weighted by Gasteiger charge is 2.25. The quantitative estimate of drug-likeness (QED) is 0.566. The number of nitrogens with two attached hydrogens (primary N) is 1. The van der Waals surface area contributed by atoms with Crippen LogP contribution in [0.4, 0.5) is 5.82 Å². The first-order chi connectivity index (χ1) is 16.0. The lowest BCUT2D eigenvalue weighted by molar-refractivity contribution is 0.0935. The van der Waals surface area contributed by atoms with Gasteiger partial charge in [-0.15, -0.1) is 0 Å². The van der Waals surface area contributed by atoms with Gasteiger partial charge < -0.3 is 5.73 Å². The number of benzene rings is 2. The molecule has 0 saturated carbocycles. The van der Waals surface area contributed by atoms with Crippen molar-refractivity contribution in [2.75, 3.05) is 25.4 Å². The second kappa shape index (κ2) is 9.83.